The number of fused-ring (bicyclic) bond motifs is 1. The first-order valence-electron chi connectivity index (χ1n) is 16.9. The second-order valence-electron chi connectivity index (χ2n) is 13.5. The van der Waals surface area contributed by atoms with Crippen LogP contribution >= 0.6 is 0 Å². The van der Waals surface area contributed by atoms with Crippen LogP contribution in [-0.4, -0.2) is 91.4 Å². The zero-order chi connectivity index (χ0) is 35.9. The summed E-state index contributed by atoms with van der Waals surface area (Å²) in [6.07, 6.45) is 4.61. The molecule has 266 valence electrons. The zero-order valence-electron chi connectivity index (χ0n) is 28.2. The normalized spacial score (nSPS) is 20.3. The van der Waals surface area contributed by atoms with Crippen molar-refractivity contribution in [2.24, 2.45) is 17.6 Å². The number of carbonyl (C=O) groups excluding carboxylic acids is 4. The number of hydrogen-bond acceptors (Lipinski definition) is 8. The number of aromatic hydroxyl groups is 1. The molecule has 3 aromatic rings. The number of carboxylic acid groups (broad SMARTS) is 1. The first-order valence-corrected chi connectivity index (χ1v) is 16.9. The van der Waals surface area contributed by atoms with Crippen LogP contribution in [0.15, 0.2) is 61.1 Å². The summed E-state index contributed by atoms with van der Waals surface area (Å²) < 4.78 is 0. The Hall–Kier alpha value is -5.24. The minimum Gasteiger partial charge on any atom is -0.508 e. The van der Waals surface area contributed by atoms with Crippen molar-refractivity contribution in [2.45, 2.75) is 82.6 Å². The van der Waals surface area contributed by atoms with Crippen molar-refractivity contribution in [1.82, 2.24) is 30.8 Å². The summed E-state index contributed by atoms with van der Waals surface area (Å²) in [6.45, 7) is 3.84. The summed E-state index contributed by atoms with van der Waals surface area (Å²) in [5.41, 5.74) is 9.21. The maximum Gasteiger partial charge on any atom is 0.308 e. The fourth-order valence-electron chi connectivity index (χ4n) is 6.64. The molecule has 1 fully saturated rings. The Morgan fingerprint density at radius 1 is 0.960 bits per heavy atom. The second kappa shape index (κ2) is 16.0. The molecule has 14 nitrogen and oxygen atoms in total. The van der Waals surface area contributed by atoms with E-state index in [1.165, 1.54) is 29.6 Å². The molecule has 1 aliphatic carbocycles. The predicted octanol–water partition coefficient (Wildman–Crippen LogP) is 0.829. The number of likely N-dealkylation sites (tertiary alicyclic amines) is 1. The Kier molecular flexibility index (Phi) is 11.5. The number of aliphatic carboxylic acids is 1. The molecule has 1 aliphatic heterocycles. The number of aromatic nitrogens is 2. The molecule has 4 amide bonds. The quantitative estimate of drug-likeness (QED) is 0.135. The van der Waals surface area contributed by atoms with Gasteiger partial charge in [-0.2, -0.15) is 0 Å². The average molecular weight is 688 g/mol. The molecule has 5 rings (SSSR count). The Bertz CT molecular complexity index is 1680. The lowest BCUT2D eigenvalue weighted by Crippen LogP contribution is -2.59. The summed E-state index contributed by atoms with van der Waals surface area (Å²) in [6, 6.07) is 9.11. The van der Waals surface area contributed by atoms with Gasteiger partial charge in [-0.1, -0.05) is 50.2 Å². The number of carboxylic acids is 1. The van der Waals surface area contributed by atoms with Gasteiger partial charge in [0.05, 0.1) is 18.3 Å². The number of phenolic OH excluding ortho intramolecular Hbond substituents is 1. The van der Waals surface area contributed by atoms with Gasteiger partial charge in [0, 0.05) is 37.3 Å². The number of nitrogens with one attached hydrogen (secondary N) is 4. The molecule has 0 spiro atoms. The summed E-state index contributed by atoms with van der Waals surface area (Å²) in [5.74, 6) is -4.09. The summed E-state index contributed by atoms with van der Waals surface area (Å²) >= 11 is 0. The van der Waals surface area contributed by atoms with Gasteiger partial charge < -0.3 is 41.8 Å². The van der Waals surface area contributed by atoms with Gasteiger partial charge in [0.2, 0.25) is 23.6 Å². The van der Waals surface area contributed by atoms with Gasteiger partial charge in [-0.25, -0.2) is 4.98 Å². The van der Waals surface area contributed by atoms with E-state index in [1.54, 1.807) is 26.0 Å². The number of rotatable bonds is 13. The van der Waals surface area contributed by atoms with Crippen LogP contribution in [0, 0.1) is 11.8 Å². The van der Waals surface area contributed by atoms with E-state index in [-0.39, 0.29) is 37.5 Å². The van der Waals surface area contributed by atoms with Crippen LogP contribution in [-0.2, 0) is 49.7 Å². The number of imidazole rings is 1. The fourth-order valence-corrected chi connectivity index (χ4v) is 6.64. The van der Waals surface area contributed by atoms with E-state index in [4.69, 9.17) is 5.73 Å². The highest BCUT2D eigenvalue weighted by Crippen LogP contribution is 2.27. The van der Waals surface area contributed by atoms with Crippen molar-refractivity contribution in [1.29, 1.82) is 0 Å². The van der Waals surface area contributed by atoms with E-state index in [0.717, 1.165) is 11.1 Å². The third-order valence-corrected chi connectivity index (χ3v) is 9.59. The Morgan fingerprint density at radius 2 is 1.64 bits per heavy atom. The number of carbonyl (C=O) groups is 5. The van der Waals surface area contributed by atoms with E-state index < -0.39 is 65.7 Å². The molecule has 2 aliphatic rings. The highest BCUT2D eigenvalue weighted by atomic mass is 16.4. The SMILES string of the molecule is CC(C)[C@H](N)C(=O)N[C@@H](Cc1ccc(O)cc1)C(=O)N[C@@H](Cc1cnc[nH]1)C(=O)N1CCC[C@H]1C(=O)NC1Cc2ccccc2C[C@H]1C(=O)O. The first-order chi connectivity index (χ1) is 23.9. The number of benzene rings is 2. The lowest BCUT2D eigenvalue weighted by molar-refractivity contribution is -0.145. The minimum atomic E-state index is -1.14. The third-order valence-electron chi connectivity index (χ3n) is 9.59. The molecule has 0 bridgehead atoms. The monoisotopic (exact) mass is 687 g/mol. The standard InChI is InChI=1S/C36H45N7O7/c1-20(2)31(37)34(47)41-28(14-21-9-11-25(44)12-10-21)32(45)42-29(17-24-18-38-19-39-24)35(48)43-13-5-8-30(43)33(46)40-27-16-23-7-4-3-6-22(23)15-26(27)36(49)50/h3-4,6-7,9-12,18-20,26-31,44H,5,8,13-17,37H2,1-2H3,(H,38,39)(H,40,46)(H,41,47)(H,42,45)(H,49,50)/t26-,27?,28+,29+,30+,31+/m1/s1. The Morgan fingerprint density at radius 3 is 2.28 bits per heavy atom. The Balaban J connectivity index is 1.35. The van der Waals surface area contributed by atoms with Crippen LogP contribution in [0.5, 0.6) is 5.75 Å². The molecule has 6 atom stereocenters. The second-order valence-corrected chi connectivity index (χ2v) is 13.5. The summed E-state index contributed by atoms with van der Waals surface area (Å²) in [7, 11) is 0. The van der Waals surface area contributed by atoms with E-state index in [1.807, 2.05) is 24.3 Å². The number of H-pyrrole nitrogens is 1. The lowest BCUT2D eigenvalue weighted by atomic mass is 9.80. The summed E-state index contributed by atoms with van der Waals surface area (Å²) in [4.78, 5) is 75.6. The Labute approximate surface area is 290 Å². The van der Waals surface area contributed by atoms with Crippen molar-refractivity contribution < 1.29 is 34.2 Å². The minimum absolute atomic E-state index is 0.0291. The molecule has 0 radical (unpaired) electrons. The number of nitrogens with zero attached hydrogens (tertiary/aromatic N) is 2. The van der Waals surface area contributed by atoms with Crippen LogP contribution in [0.1, 0.15) is 49.1 Å². The van der Waals surface area contributed by atoms with Crippen molar-refractivity contribution in [3.8, 4) is 5.75 Å². The predicted molar refractivity (Wildman–Crippen MR) is 182 cm³/mol. The maximum atomic E-state index is 14.3. The molecule has 2 aromatic carbocycles. The van der Waals surface area contributed by atoms with Crippen molar-refractivity contribution in [3.05, 3.63) is 83.4 Å². The smallest absolute Gasteiger partial charge is 0.308 e. The fraction of sp³-hybridized carbons (Fsp3) is 0.444. The van der Waals surface area contributed by atoms with E-state index in [0.29, 0.717) is 30.5 Å². The molecule has 50 heavy (non-hydrogen) atoms. The van der Waals surface area contributed by atoms with Gasteiger partial charge in [0.15, 0.2) is 0 Å². The first kappa shape index (κ1) is 36.1. The van der Waals surface area contributed by atoms with Crippen molar-refractivity contribution >= 4 is 29.6 Å². The summed E-state index contributed by atoms with van der Waals surface area (Å²) in [5, 5.41) is 28.2. The molecular formula is C36H45N7O7. The van der Waals surface area contributed by atoms with Crippen LogP contribution in [0.25, 0.3) is 0 Å². The van der Waals surface area contributed by atoms with Crippen molar-refractivity contribution in [3.63, 3.8) is 0 Å². The molecule has 2 heterocycles. The number of amides is 4. The molecule has 0 saturated carbocycles. The number of phenols is 1. The van der Waals surface area contributed by atoms with Gasteiger partial charge in [-0.15, -0.1) is 0 Å². The average Bonchev–Trinajstić information content (AvgIpc) is 3.80. The maximum absolute atomic E-state index is 14.3. The number of aromatic amines is 1. The zero-order valence-corrected chi connectivity index (χ0v) is 28.2. The van der Waals surface area contributed by atoms with E-state index in [2.05, 4.69) is 25.9 Å². The highest BCUT2D eigenvalue weighted by Gasteiger charge is 2.41. The van der Waals surface area contributed by atoms with Gasteiger partial charge in [-0.3, -0.25) is 24.0 Å². The van der Waals surface area contributed by atoms with Crippen LogP contribution < -0.4 is 21.7 Å². The molecule has 1 saturated heterocycles. The molecule has 14 heteroatoms. The molecule has 8 N–H and O–H groups in total. The van der Waals surface area contributed by atoms with Crippen LogP contribution in [0.3, 0.4) is 0 Å². The van der Waals surface area contributed by atoms with Gasteiger partial charge in [0.25, 0.3) is 0 Å². The topological polar surface area (TPSA) is 220 Å². The molecule has 1 unspecified atom stereocenters. The van der Waals surface area contributed by atoms with Crippen LogP contribution in [0.4, 0.5) is 0 Å². The number of nitrogens with two attached hydrogens (primary N) is 1. The number of hydrogen-bond donors (Lipinski definition) is 7. The van der Waals surface area contributed by atoms with E-state index in [9.17, 15) is 34.2 Å². The van der Waals surface area contributed by atoms with Gasteiger partial charge in [0.1, 0.15) is 23.9 Å². The van der Waals surface area contributed by atoms with Gasteiger partial charge in [-0.05, 0) is 60.4 Å². The molecule has 1 aromatic heterocycles. The lowest BCUT2D eigenvalue weighted by Gasteiger charge is -2.34. The third kappa shape index (κ3) is 8.67. The van der Waals surface area contributed by atoms with Gasteiger partial charge >= 0.3 is 5.97 Å². The highest BCUT2D eigenvalue weighted by molar-refractivity contribution is 5.95. The van der Waals surface area contributed by atoms with Crippen molar-refractivity contribution in [2.75, 3.05) is 6.54 Å². The largest absolute Gasteiger partial charge is 0.508 e. The van der Waals surface area contributed by atoms with Crippen LogP contribution in [0.2, 0.25) is 0 Å². The van der Waals surface area contributed by atoms with E-state index >= 15 is 0 Å². The molecular weight excluding hydrogens is 642 g/mol.